The zero-order valence-corrected chi connectivity index (χ0v) is 21.8. The second-order valence-electron chi connectivity index (χ2n) is 9.40. The van der Waals surface area contributed by atoms with Crippen LogP contribution in [0.5, 0.6) is 5.88 Å². The maximum atomic E-state index is 13.5. The standard InChI is InChI=1S/C29H26ClN5O3/c1-18(37-27-12-3-20(15-31)16-32-27)25-13-14-35(17-26(25)21-8-10-24(30)11-9-21)29(36)23-6-4-22(5-7-23)28-33-19(2)38-34-28/h3-12,16,18,25-26H,13-14,17H2,1-2H3. The van der Waals surface area contributed by atoms with Gasteiger partial charge in [0.15, 0.2) is 0 Å². The molecule has 0 radical (unpaired) electrons. The maximum Gasteiger partial charge on any atom is 0.253 e. The van der Waals surface area contributed by atoms with Gasteiger partial charge in [0.05, 0.1) is 5.56 Å². The predicted molar refractivity (Wildman–Crippen MR) is 142 cm³/mol. The molecule has 3 atom stereocenters. The van der Waals surface area contributed by atoms with E-state index in [2.05, 4.69) is 21.2 Å². The number of benzene rings is 2. The molecule has 4 aromatic rings. The van der Waals surface area contributed by atoms with Crippen molar-refractivity contribution in [1.29, 1.82) is 5.26 Å². The van der Waals surface area contributed by atoms with Gasteiger partial charge in [-0.2, -0.15) is 10.2 Å². The van der Waals surface area contributed by atoms with E-state index in [1.807, 2.05) is 48.2 Å². The van der Waals surface area contributed by atoms with Crippen molar-refractivity contribution in [2.75, 3.05) is 13.1 Å². The van der Waals surface area contributed by atoms with Crippen LogP contribution in [0.3, 0.4) is 0 Å². The SMILES string of the molecule is Cc1nc(-c2ccc(C(=O)N3CCC(C(C)Oc4ccc(C#N)cn4)C(c4ccc(Cl)cc4)C3)cc2)no1. The third-order valence-corrected chi connectivity index (χ3v) is 7.20. The van der Waals surface area contributed by atoms with Gasteiger partial charge < -0.3 is 14.2 Å². The fraction of sp³-hybridized carbons (Fsp3) is 0.276. The number of nitrogens with zero attached hydrogens (tertiary/aromatic N) is 5. The van der Waals surface area contributed by atoms with Gasteiger partial charge in [0.2, 0.25) is 17.6 Å². The summed E-state index contributed by atoms with van der Waals surface area (Å²) in [6.45, 7) is 4.92. The third kappa shape index (κ3) is 5.53. The molecule has 3 heterocycles. The zero-order valence-electron chi connectivity index (χ0n) is 21.0. The number of halogens is 1. The highest BCUT2D eigenvalue weighted by Crippen LogP contribution is 2.37. The van der Waals surface area contributed by atoms with Crippen LogP contribution >= 0.6 is 11.6 Å². The average molecular weight is 528 g/mol. The Hall–Kier alpha value is -4.22. The summed E-state index contributed by atoms with van der Waals surface area (Å²) in [5, 5.41) is 13.6. The van der Waals surface area contributed by atoms with Gasteiger partial charge in [-0.25, -0.2) is 4.98 Å². The molecule has 8 nitrogen and oxygen atoms in total. The van der Waals surface area contributed by atoms with Gasteiger partial charge in [-0.1, -0.05) is 41.0 Å². The Bertz CT molecular complexity index is 1450. The van der Waals surface area contributed by atoms with Crippen LogP contribution in [-0.2, 0) is 0 Å². The van der Waals surface area contributed by atoms with Crippen LogP contribution in [0.25, 0.3) is 11.4 Å². The quantitative estimate of drug-likeness (QED) is 0.317. The van der Waals surface area contributed by atoms with Crippen LogP contribution in [0.1, 0.15) is 46.6 Å². The molecule has 9 heteroatoms. The van der Waals surface area contributed by atoms with E-state index >= 15 is 0 Å². The molecule has 1 aliphatic rings. The highest BCUT2D eigenvalue weighted by molar-refractivity contribution is 6.30. The number of amides is 1. The highest BCUT2D eigenvalue weighted by atomic mass is 35.5. The lowest BCUT2D eigenvalue weighted by molar-refractivity contribution is 0.0484. The summed E-state index contributed by atoms with van der Waals surface area (Å²) in [5.41, 5.74) is 2.98. The van der Waals surface area contributed by atoms with Gasteiger partial charge in [0.25, 0.3) is 5.91 Å². The molecule has 1 saturated heterocycles. The van der Waals surface area contributed by atoms with Gasteiger partial charge in [-0.3, -0.25) is 4.79 Å². The van der Waals surface area contributed by atoms with E-state index in [0.29, 0.717) is 46.8 Å². The Balaban J connectivity index is 1.34. The normalized spacial score (nSPS) is 18.0. The van der Waals surface area contributed by atoms with E-state index < -0.39 is 0 Å². The number of ether oxygens (including phenoxy) is 1. The fourth-order valence-corrected chi connectivity index (χ4v) is 5.06. The monoisotopic (exact) mass is 527 g/mol. The highest BCUT2D eigenvalue weighted by Gasteiger charge is 2.37. The second kappa shape index (κ2) is 11.0. The van der Waals surface area contributed by atoms with Crippen molar-refractivity contribution < 1.29 is 14.1 Å². The van der Waals surface area contributed by atoms with E-state index in [1.165, 1.54) is 6.20 Å². The van der Waals surface area contributed by atoms with Crippen molar-refractivity contribution in [3.63, 3.8) is 0 Å². The molecule has 0 bridgehead atoms. The molecular formula is C29H26ClN5O3. The first-order chi connectivity index (χ1) is 18.4. The van der Waals surface area contributed by atoms with E-state index in [-0.39, 0.29) is 23.8 Å². The van der Waals surface area contributed by atoms with Gasteiger partial charge in [0.1, 0.15) is 12.2 Å². The predicted octanol–water partition coefficient (Wildman–Crippen LogP) is 5.68. The number of hydrogen-bond donors (Lipinski definition) is 0. The summed E-state index contributed by atoms with van der Waals surface area (Å²) in [7, 11) is 0. The van der Waals surface area contributed by atoms with Gasteiger partial charge >= 0.3 is 0 Å². The molecule has 0 aliphatic carbocycles. The van der Waals surface area contributed by atoms with Crippen LogP contribution in [0.2, 0.25) is 5.02 Å². The van der Waals surface area contributed by atoms with E-state index in [1.54, 1.807) is 31.2 Å². The number of piperidine rings is 1. The van der Waals surface area contributed by atoms with Crippen molar-refractivity contribution in [1.82, 2.24) is 20.0 Å². The average Bonchev–Trinajstić information content (AvgIpc) is 3.39. The van der Waals surface area contributed by atoms with Crippen molar-refractivity contribution in [3.05, 3.63) is 94.5 Å². The Morgan fingerprint density at radius 3 is 2.55 bits per heavy atom. The molecule has 0 spiro atoms. The molecule has 0 N–H and O–H groups in total. The largest absolute Gasteiger partial charge is 0.474 e. The van der Waals surface area contributed by atoms with Gasteiger partial charge in [-0.15, -0.1) is 0 Å². The first-order valence-electron chi connectivity index (χ1n) is 12.4. The van der Waals surface area contributed by atoms with Crippen LogP contribution in [-0.4, -0.2) is 45.1 Å². The lowest BCUT2D eigenvalue weighted by Gasteiger charge is -2.41. The summed E-state index contributed by atoms with van der Waals surface area (Å²) >= 11 is 6.16. The summed E-state index contributed by atoms with van der Waals surface area (Å²) in [4.78, 5) is 23.9. The van der Waals surface area contributed by atoms with Crippen molar-refractivity contribution >= 4 is 17.5 Å². The first kappa shape index (κ1) is 25.4. The minimum Gasteiger partial charge on any atom is -0.474 e. The van der Waals surface area contributed by atoms with E-state index in [0.717, 1.165) is 17.5 Å². The smallest absolute Gasteiger partial charge is 0.253 e. The first-order valence-corrected chi connectivity index (χ1v) is 12.8. The Morgan fingerprint density at radius 1 is 1.16 bits per heavy atom. The number of likely N-dealkylation sites (tertiary alicyclic amines) is 1. The molecule has 2 aromatic heterocycles. The lowest BCUT2D eigenvalue weighted by atomic mass is 9.77. The van der Waals surface area contributed by atoms with Gasteiger partial charge in [-0.05, 0) is 49.2 Å². The molecule has 0 saturated carbocycles. The molecule has 1 aliphatic heterocycles. The second-order valence-corrected chi connectivity index (χ2v) is 9.83. The summed E-state index contributed by atoms with van der Waals surface area (Å²) in [6.07, 6.45) is 2.10. The molecule has 1 fully saturated rings. The maximum absolute atomic E-state index is 13.5. The van der Waals surface area contributed by atoms with Crippen molar-refractivity contribution in [2.45, 2.75) is 32.3 Å². The Morgan fingerprint density at radius 2 is 1.92 bits per heavy atom. The Labute approximate surface area is 225 Å². The minimum absolute atomic E-state index is 0.0272. The summed E-state index contributed by atoms with van der Waals surface area (Å²) < 4.78 is 11.3. The number of rotatable bonds is 6. The molecule has 38 heavy (non-hydrogen) atoms. The van der Waals surface area contributed by atoms with Gasteiger partial charge in [0, 0.05) is 60.3 Å². The van der Waals surface area contributed by atoms with Crippen molar-refractivity contribution in [3.8, 4) is 23.3 Å². The minimum atomic E-state index is -0.161. The number of aryl methyl sites for hydroxylation is 1. The molecule has 3 unspecified atom stereocenters. The van der Waals surface area contributed by atoms with Crippen LogP contribution < -0.4 is 4.74 Å². The third-order valence-electron chi connectivity index (χ3n) is 6.94. The van der Waals surface area contributed by atoms with E-state index in [4.69, 9.17) is 26.1 Å². The molecule has 1 amide bonds. The van der Waals surface area contributed by atoms with E-state index in [9.17, 15) is 4.79 Å². The zero-order chi connectivity index (χ0) is 26.6. The fourth-order valence-electron chi connectivity index (χ4n) is 4.93. The summed E-state index contributed by atoms with van der Waals surface area (Å²) in [5.74, 6) is 1.61. The topological polar surface area (TPSA) is 105 Å². The lowest BCUT2D eigenvalue weighted by Crippen LogP contribution is -2.46. The molecular weight excluding hydrogens is 502 g/mol. The number of carbonyl (C=O) groups is 1. The molecule has 192 valence electrons. The number of aromatic nitrogens is 3. The molecule has 5 rings (SSSR count). The van der Waals surface area contributed by atoms with Crippen LogP contribution in [0.4, 0.5) is 0 Å². The Kier molecular flexibility index (Phi) is 7.38. The van der Waals surface area contributed by atoms with Crippen LogP contribution in [0.15, 0.2) is 71.4 Å². The molecule has 2 aromatic carbocycles. The number of nitriles is 1. The number of pyridine rings is 1. The number of hydrogen-bond acceptors (Lipinski definition) is 7. The van der Waals surface area contributed by atoms with Crippen molar-refractivity contribution in [2.24, 2.45) is 5.92 Å². The summed E-state index contributed by atoms with van der Waals surface area (Å²) in [6, 6.07) is 20.5. The van der Waals surface area contributed by atoms with Crippen LogP contribution in [0, 0.1) is 24.2 Å². The number of carbonyl (C=O) groups excluding carboxylic acids is 1.